The average Bonchev–Trinajstić information content (AvgIpc) is 2.17. The molecular formula is C12H15Li2NO2. The summed E-state index contributed by atoms with van der Waals surface area (Å²) in [6, 6.07) is 8.13. The molecule has 0 aromatic heterocycles. The van der Waals surface area contributed by atoms with Crippen LogP contribution >= 0.6 is 0 Å². The Hall–Kier alpha value is -0.315. The molecule has 0 bridgehead atoms. The van der Waals surface area contributed by atoms with E-state index in [2.05, 4.69) is 11.1 Å². The fourth-order valence-electron chi connectivity index (χ4n) is 0.934. The van der Waals surface area contributed by atoms with E-state index in [4.69, 9.17) is 4.74 Å². The van der Waals surface area contributed by atoms with Crippen LogP contribution in [0.3, 0.4) is 0 Å². The van der Waals surface area contributed by atoms with Gasteiger partial charge < -0.3 is 9.84 Å². The Labute approximate surface area is 127 Å². The van der Waals surface area contributed by atoms with E-state index in [1.165, 1.54) is 0 Å². The third-order valence-corrected chi connectivity index (χ3v) is 1.87. The predicted octanol–water partition coefficient (Wildman–Crippen LogP) is -4.06. The Bertz CT molecular complexity index is 373. The third-order valence-electron chi connectivity index (χ3n) is 1.87. The largest absolute Gasteiger partial charge is 1.00 e. The second-order valence-electron chi connectivity index (χ2n) is 4.25. The van der Waals surface area contributed by atoms with Gasteiger partial charge in [0.2, 0.25) is 0 Å². The van der Waals surface area contributed by atoms with Gasteiger partial charge in [-0.3, -0.25) is 4.99 Å². The molecule has 0 saturated carbocycles. The van der Waals surface area contributed by atoms with Crippen LogP contribution in [0.15, 0.2) is 23.2 Å². The van der Waals surface area contributed by atoms with Crippen molar-refractivity contribution >= 4 is 11.6 Å². The van der Waals surface area contributed by atoms with Gasteiger partial charge in [0.25, 0.3) is 0 Å². The number of hydrogen-bond acceptors (Lipinski definition) is 3. The van der Waals surface area contributed by atoms with Crippen molar-refractivity contribution in [3.8, 4) is 5.75 Å². The zero-order valence-corrected chi connectivity index (χ0v) is 11.5. The molecular weight excluding hydrogens is 204 g/mol. The standard InChI is InChI=1S/C12H16NO2.2Li/c1-12(2,3)11(14)13-9-7-5-6-8-10(9)15-4;;/h5-6,8H,1-4H3,(H,13,14);;/q-1;2*+1/p-1. The molecule has 0 fully saturated rings. The zero-order chi connectivity index (χ0) is 11.5. The molecule has 0 radical (unpaired) electrons. The van der Waals surface area contributed by atoms with E-state index in [9.17, 15) is 5.11 Å². The summed E-state index contributed by atoms with van der Waals surface area (Å²) in [5.41, 5.74) is -0.0192. The summed E-state index contributed by atoms with van der Waals surface area (Å²) in [7, 11) is 1.55. The van der Waals surface area contributed by atoms with Gasteiger partial charge in [0.1, 0.15) is 0 Å². The molecule has 0 aliphatic rings. The molecule has 0 N–H and O–H groups in total. The molecule has 5 heteroatoms. The first-order valence-corrected chi connectivity index (χ1v) is 4.76. The summed E-state index contributed by atoms with van der Waals surface area (Å²) in [5.74, 6) is 0.387. The van der Waals surface area contributed by atoms with Crippen molar-refractivity contribution < 1.29 is 47.6 Å². The van der Waals surface area contributed by atoms with Crippen molar-refractivity contribution in [1.29, 1.82) is 0 Å². The molecule has 0 unspecified atom stereocenters. The van der Waals surface area contributed by atoms with E-state index in [1.54, 1.807) is 25.3 Å². The molecule has 17 heavy (non-hydrogen) atoms. The predicted molar refractivity (Wildman–Crippen MR) is 58.4 cm³/mol. The van der Waals surface area contributed by atoms with Gasteiger partial charge in [-0.1, -0.05) is 20.8 Å². The monoisotopic (exact) mass is 219 g/mol. The Kier molecular flexibility index (Phi) is 8.85. The maximum atomic E-state index is 11.7. The van der Waals surface area contributed by atoms with Crippen molar-refractivity contribution in [2.75, 3.05) is 7.11 Å². The van der Waals surface area contributed by atoms with Crippen LogP contribution in [0.5, 0.6) is 5.75 Å². The number of methoxy groups -OCH3 is 1. The first-order chi connectivity index (χ1) is 6.95. The Morgan fingerprint density at radius 1 is 1.35 bits per heavy atom. The molecule has 0 heterocycles. The maximum Gasteiger partial charge on any atom is 1.00 e. The van der Waals surface area contributed by atoms with Gasteiger partial charge in [0.15, 0.2) is 0 Å². The Morgan fingerprint density at radius 3 is 2.41 bits per heavy atom. The topological polar surface area (TPSA) is 44.6 Å². The minimum atomic E-state index is -0.477. The first kappa shape index (κ1) is 19.0. The smallest absolute Gasteiger partial charge is 0.861 e. The van der Waals surface area contributed by atoms with Crippen molar-refractivity contribution in [1.82, 2.24) is 0 Å². The van der Waals surface area contributed by atoms with Gasteiger partial charge in [-0.05, 0) is 17.0 Å². The molecule has 3 nitrogen and oxygen atoms in total. The molecule has 0 atom stereocenters. The number of aliphatic imine (C=N–C) groups is 1. The molecule has 1 rings (SSSR count). The first-order valence-electron chi connectivity index (χ1n) is 4.76. The van der Waals surface area contributed by atoms with E-state index in [0.717, 1.165) is 0 Å². The van der Waals surface area contributed by atoms with E-state index in [-0.39, 0.29) is 43.6 Å². The Morgan fingerprint density at radius 2 is 1.94 bits per heavy atom. The van der Waals surface area contributed by atoms with Crippen LogP contribution in [0.1, 0.15) is 20.8 Å². The summed E-state index contributed by atoms with van der Waals surface area (Å²) in [6.07, 6.45) is 0. The van der Waals surface area contributed by atoms with Crippen molar-refractivity contribution in [3.63, 3.8) is 0 Å². The number of para-hydroxylation sites is 1. The maximum absolute atomic E-state index is 11.7. The molecule has 0 aliphatic carbocycles. The number of rotatable bonds is 2. The van der Waals surface area contributed by atoms with Gasteiger partial charge in [0, 0.05) is 5.75 Å². The van der Waals surface area contributed by atoms with E-state index in [1.807, 2.05) is 20.8 Å². The van der Waals surface area contributed by atoms with Crippen LogP contribution < -0.4 is 47.6 Å². The summed E-state index contributed by atoms with van der Waals surface area (Å²) < 4.78 is 5.08. The van der Waals surface area contributed by atoms with E-state index in [0.29, 0.717) is 11.4 Å². The second kappa shape index (κ2) is 7.91. The van der Waals surface area contributed by atoms with Gasteiger partial charge in [0.05, 0.1) is 7.11 Å². The SMILES string of the molecule is COc1ccc[c-]c1N=C([O-])C(C)(C)C.[Li+].[Li+]. The van der Waals surface area contributed by atoms with Crippen molar-refractivity contribution in [2.24, 2.45) is 10.4 Å². The molecule has 82 valence electrons. The summed E-state index contributed by atoms with van der Waals surface area (Å²) in [4.78, 5) is 3.98. The zero-order valence-electron chi connectivity index (χ0n) is 11.5. The fraction of sp³-hybridized carbons (Fsp3) is 0.417. The normalized spacial score (nSPS) is 11.2. The van der Waals surface area contributed by atoms with Crippen LogP contribution in [-0.2, 0) is 0 Å². The summed E-state index contributed by atoms with van der Waals surface area (Å²) in [6.45, 7) is 5.48. The molecule has 0 aliphatic heterocycles. The summed E-state index contributed by atoms with van der Waals surface area (Å²) in [5, 5.41) is 11.7. The van der Waals surface area contributed by atoms with E-state index < -0.39 is 5.41 Å². The van der Waals surface area contributed by atoms with Crippen LogP contribution in [0.25, 0.3) is 0 Å². The third kappa shape index (κ3) is 5.71. The number of ether oxygens (including phenoxy) is 1. The Balaban J connectivity index is 0. The quantitative estimate of drug-likeness (QED) is 0.220. The van der Waals surface area contributed by atoms with E-state index >= 15 is 0 Å². The van der Waals surface area contributed by atoms with Crippen LogP contribution in [0.2, 0.25) is 0 Å². The van der Waals surface area contributed by atoms with Gasteiger partial charge in [-0.25, -0.2) is 0 Å². The van der Waals surface area contributed by atoms with Crippen LogP contribution in [0, 0.1) is 11.5 Å². The second-order valence-corrected chi connectivity index (χ2v) is 4.25. The van der Waals surface area contributed by atoms with Gasteiger partial charge in [-0.2, -0.15) is 18.2 Å². The molecule has 0 saturated heterocycles. The average molecular weight is 219 g/mol. The van der Waals surface area contributed by atoms with Gasteiger partial charge >= 0.3 is 37.7 Å². The molecule has 0 amide bonds. The van der Waals surface area contributed by atoms with Crippen LogP contribution in [-0.4, -0.2) is 13.0 Å². The fourth-order valence-corrected chi connectivity index (χ4v) is 0.934. The number of nitrogens with zero attached hydrogens (tertiary/aromatic N) is 1. The molecule has 1 aromatic carbocycles. The number of hydrogen-bond donors (Lipinski definition) is 0. The number of benzene rings is 1. The van der Waals surface area contributed by atoms with Crippen molar-refractivity contribution in [3.05, 3.63) is 24.3 Å². The van der Waals surface area contributed by atoms with Crippen molar-refractivity contribution in [2.45, 2.75) is 20.8 Å². The van der Waals surface area contributed by atoms with Gasteiger partial charge in [-0.15, -0.1) is 6.07 Å². The van der Waals surface area contributed by atoms with Crippen LogP contribution in [0.4, 0.5) is 5.69 Å². The minimum Gasteiger partial charge on any atom is -0.861 e. The minimum absolute atomic E-state index is 0. The summed E-state index contributed by atoms with van der Waals surface area (Å²) >= 11 is 0. The molecule has 1 aromatic rings. The molecule has 0 spiro atoms.